The number of aryl methyl sites for hydroxylation is 1. The molecule has 0 amide bonds. The van der Waals surface area contributed by atoms with Gasteiger partial charge in [-0.3, -0.25) is 9.59 Å². The molecule has 1 aliphatic carbocycles. The molecule has 1 saturated carbocycles. The Hall–Kier alpha value is -2.18. The van der Waals surface area contributed by atoms with Crippen LogP contribution in [0, 0.1) is 5.92 Å². The van der Waals surface area contributed by atoms with E-state index in [0.29, 0.717) is 25.9 Å². The zero-order chi connectivity index (χ0) is 24.2. The maximum Gasteiger partial charge on any atom is 0.309 e. The molecule has 0 heterocycles. The number of carbonyl (C=O) groups is 2. The predicted molar refractivity (Wildman–Crippen MR) is 127 cm³/mol. The van der Waals surface area contributed by atoms with Gasteiger partial charge in [0.25, 0.3) is 0 Å². The first kappa shape index (κ1) is 27.1. The molecule has 0 radical (unpaired) electrons. The van der Waals surface area contributed by atoms with Gasteiger partial charge in [0.05, 0.1) is 37.3 Å². The molecule has 0 bridgehead atoms. The Kier molecular flexibility index (Phi) is 11.1. The van der Waals surface area contributed by atoms with Gasteiger partial charge >= 0.3 is 11.9 Å². The molecular formula is C27H40O6. The SMILES string of the molecule is CCOC(=O)CC(O)(/C=C/[C@H]1CCC[C@@](O)(CC(=O)OCC)C1)CCCCc1ccccc1. The summed E-state index contributed by atoms with van der Waals surface area (Å²) in [6.45, 7) is 4.07. The van der Waals surface area contributed by atoms with Gasteiger partial charge in [-0.05, 0) is 76.7 Å². The molecule has 6 nitrogen and oxygen atoms in total. The van der Waals surface area contributed by atoms with E-state index in [9.17, 15) is 19.8 Å². The Balaban J connectivity index is 1.98. The van der Waals surface area contributed by atoms with Crippen LogP contribution in [0.15, 0.2) is 42.5 Å². The average molecular weight is 461 g/mol. The molecule has 1 unspecified atom stereocenters. The number of allylic oxidation sites excluding steroid dienone is 1. The van der Waals surface area contributed by atoms with E-state index in [-0.39, 0.29) is 31.3 Å². The van der Waals surface area contributed by atoms with Crippen LogP contribution in [0.25, 0.3) is 0 Å². The highest BCUT2D eigenvalue weighted by molar-refractivity contribution is 5.71. The highest BCUT2D eigenvalue weighted by Gasteiger charge is 2.36. The molecular weight excluding hydrogens is 420 g/mol. The Bertz CT molecular complexity index is 761. The van der Waals surface area contributed by atoms with E-state index in [4.69, 9.17) is 9.47 Å². The summed E-state index contributed by atoms with van der Waals surface area (Å²) < 4.78 is 10.1. The highest BCUT2D eigenvalue weighted by Crippen LogP contribution is 2.36. The van der Waals surface area contributed by atoms with E-state index >= 15 is 0 Å². The molecule has 1 aromatic rings. The Morgan fingerprint density at radius 3 is 2.52 bits per heavy atom. The van der Waals surface area contributed by atoms with Gasteiger partial charge in [-0.25, -0.2) is 0 Å². The zero-order valence-corrected chi connectivity index (χ0v) is 20.1. The third kappa shape index (κ3) is 10.1. The minimum absolute atomic E-state index is 0.0161. The van der Waals surface area contributed by atoms with Gasteiger partial charge in [-0.2, -0.15) is 0 Å². The summed E-state index contributed by atoms with van der Waals surface area (Å²) in [6.07, 6.45) is 9.22. The first-order chi connectivity index (χ1) is 15.8. The number of ether oxygens (including phenoxy) is 2. The van der Waals surface area contributed by atoms with Crippen molar-refractivity contribution >= 4 is 11.9 Å². The largest absolute Gasteiger partial charge is 0.466 e. The fourth-order valence-corrected chi connectivity index (χ4v) is 4.60. The van der Waals surface area contributed by atoms with E-state index in [0.717, 1.165) is 32.1 Å². The van der Waals surface area contributed by atoms with E-state index in [1.807, 2.05) is 24.3 Å². The maximum absolute atomic E-state index is 12.1. The van der Waals surface area contributed by atoms with Crippen LogP contribution in [0.1, 0.15) is 77.2 Å². The maximum atomic E-state index is 12.1. The first-order valence-electron chi connectivity index (χ1n) is 12.3. The van der Waals surface area contributed by atoms with Crippen molar-refractivity contribution in [1.29, 1.82) is 0 Å². The summed E-state index contributed by atoms with van der Waals surface area (Å²) in [5.41, 5.74) is -1.13. The van der Waals surface area contributed by atoms with Crippen LogP contribution >= 0.6 is 0 Å². The van der Waals surface area contributed by atoms with Crippen molar-refractivity contribution in [3.63, 3.8) is 0 Å². The first-order valence-corrected chi connectivity index (χ1v) is 12.3. The molecule has 33 heavy (non-hydrogen) atoms. The monoisotopic (exact) mass is 460 g/mol. The Labute approximate surface area is 198 Å². The van der Waals surface area contributed by atoms with Gasteiger partial charge in [0.1, 0.15) is 0 Å². The third-order valence-electron chi connectivity index (χ3n) is 6.24. The molecule has 0 saturated heterocycles. The van der Waals surface area contributed by atoms with Crippen LogP contribution in [0.5, 0.6) is 0 Å². The molecule has 184 valence electrons. The molecule has 1 aromatic carbocycles. The van der Waals surface area contributed by atoms with Crippen LogP contribution in [0.3, 0.4) is 0 Å². The van der Waals surface area contributed by atoms with Crippen LogP contribution in [0.2, 0.25) is 0 Å². The number of aliphatic hydroxyl groups is 2. The molecule has 1 fully saturated rings. The minimum Gasteiger partial charge on any atom is -0.466 e. The van der Waals surface area contributed by atoms with Gasteiger partial charge in [-0.1, -0.05) is 42.5 Å². The van der Waals surface area contributed by atoms with Crippen molar-refractivity contribution < 1.29 is 29.3 Å². The second-order valence-corrected chi connectivity index (χ2v) is 9.20. The second kappa shape index (κ2) is 13.5. The lowest BCUT2D eigenvalue weighted by molar-refractivity contribution is -0.151. The quantitative estimate of drug-likeness (QED) is 0.255. The normalized spacial score (nSPS) is 22.6. The van der Waals surface area contributed by atoms with E-state index in [2.05, 4.69) is 12.1 Å². The number of hydrogen-bond donors (Lipinski definition) is 2. The fourth-order valence-electron chi connectivity index (χ4n) is 4.60. The molecule has 0 aromatic heterocycles. The summed E-state index contributed by atoms with van der Waals surface area (Å²) in [5, 5.41) is 22.2. The number of rotatable bonds is 13. The number of carbonyl (C=O) groups excluding carboxylic acids is 2. The van der Waals surface area contributed by atoms with Gasteiger partial charge in [-0.15, -0.1) is 0 Å². The molecule has 1 aliphatic rings. The van der Waals surface area contributed by atoms with Crippen LogP contribution in [0.4, 0.5) is 0 Å². The van der Waals surface area contributed by atoms with Crippen molar-refractivity contribution in [3.8, 4) is 0 Å². The summed E-state index contributed by atoms with van der Waals surface area (Å²) in [7, 11) is 0. The number of unbranched alkanes of at least 4 members (excludes halogenated alkanes) is 1. The van der Waals surface area contributed by atoms with Crippen LogP contribution in [-0.4, -0.2) is 46.6 Å². The Morgan fingerprint density at radius 1 is 1.12 bits per heavy atom. The van der Waals surface area contributed by atoms with Crippen molar-refractivity contribution in [3.05, 3.63) is 48.0 Å². The summed E-state index contributed by atoms with van der Waals surface area (Å²) >= 11 is 0. The smallest absolute Gasteiger partial charge is 0.309 e. The Morgan fingerprint density at radius 2 is 1.82 bits per heavy atom. The van der Waals surface area contributed by atoms with Gasteiger partial charge in [0, 0.05) is 0 Å². The number of benzene rings is 1. The van der Waals surface area contributed by atoms with Crippen LogP contribution in [-0.2, 0) is 25.5 Å². The van der Waals surface area contributed by atoms with Gasteiger partial charge in [0.2, 0.25) is 0 Å². The van der Waals surface area contributed by atoms with E-state index < -0.39 is 17.2 Å². The second-order valence-electron chi connectivity index (χ2n) is 9.20. The lowest BCUT2D eigenvalue weighted by Crippen LogP contribution is -2.38. The number of esters is 2. The fraction of sp³-hybridized carbons (Fsp3) is 0.630. The van der Waals surface area contributed by atoms with Crippen molar-refractivity contribution in [2.24, 2.45) is 5.92 Å². The summed E-state index contributed by atoms with van der Waals surface area (Å²) in [6, 6.07) is 10.2. The average Bonchev–Trinajstić information content (AvgIpc) is 2.76. The molecule has 6 heteroatoms. The third-order valence-corrected chi connectivity index (χ3v) is 6.24. The lowest BCUT2D eigenvalue weighted by atomic mass is 9.75. The standard InChI is InChI=1S/C27H40O6/c1-3-32-24(28)20-26(30,16-9-8-13-22-11-6-5-7-12-22)18-15-23-14-10-17-27(31,19-23)21-25(29)33-4-2/h5-7,11-12,15,18,23,30-31H,3-4,8-10,13-14,16-17,19-21H2,1-2H3/b18-15+/t23-,26?,27+/m1/s1. The number of hydrogen-bond acceptors (Lipinski definition) is 6. The minimum atomic E-state index is -1.29. The van der Waals surface area contributed by atoms with Gasteiger partial charge < -0.3 is 19.7 Å². The van der Waals surface area contributed by atoms with Gasteiger partial charge in [0.15, 0.2) is 0 Å². The molecule has 3 atom stereocenters. The summed E-state index contributed by atoms with van der Waals surface area (Å²) in [5.74, 6) is -0.784. The predicted octanol–water partition coefficient (Wildman–Crippen LogP) is 4.51. The summed E-state index contributed by atoms with van der Waals surface area (Å²) in [4.78, 5) is 24.0. The molecule has 2 rings (SSSR count). The molecule has 2 N–H and O–H groups in total. The van der Waals surface area contributed by atoms with Crippen molar-refractivity contribution in [2.45, 2.75) is 89.3 Å². The molecule has 0 spiro atoms. The molecule has 0 aliphatic heterocycles. The lowest BCUT2D eigenvalue weighted by Gasteiger charge is -2.35. The van der Waals surface area contributed by atoms with Crippen molar-refractivity contribution in [1.82, 2.24) is 0 Å². The topological polar surface area (TPSA) is 93.1 Å². The van der Waals surface area contributed by atoms with Crippen LogP contribution < -0.4 is 0 Å². The van der Waals surface area contributed by atoms with E-state index in [1.165, 1.54) is 5.56 Å². The zero-order valence-electron chi connectivity index (χ0n) is 20.1. The van der Waals surface area contributed by atoms with E-state index in [1.54, 1.807) is 19.9 Å². The van der Waals surface area contributed by atoms with Crippen molar-refractivity contribution in [2.75, 3.05) is 13.2 Å². The highest BCUT2D eigenvalue weighted by atomic mass is 16.5.